The van der Waals surface area contributed by atoms with Crippen molar-refractivity contribution in [3.63, 3.8) is 0 Å². The maximum atomic E-state index is 12.6. The highest BCUT2D eigenvalue weighted by Crippen LogP contribution is 2.49. The third-order valence-electron chi connectivity index (χ3n) is 4.78. The molecule has 0 radical (unpaired) electrons. The zero-order valence-corrected chi connectivity index (χ0v) is 12.3. The summed E-state index contributed by atoms with van der Waals surface area (Å²) in [4.78, 5) is 25.4. The van der Waals surface area contributed by atoms with Gasteiger partial charge < -0.3 is 10.0 Å². The van der Waals surface area contributed by atoms with Crippen molar-refractivity contribution in [1.29, 1.82) is 0 Å². The number of benzene rings is 1. The minimum atomic E-state index is -0.779. The molecule has 1 heterocycles. The Hall–Kier alpha value is -1.84. The molecule has 3 atom stereocenters. The highest BCUT2D eigenvalue weighted by Gasteiger charge is 2.47. The summed E-state index contributed by atoms with van der Waals surface area (Å²) in [7, 11) is 0. The van der Waals surface area contributed by atoms with E-state index >= 15 is 0 Å². The number of hydrogen-bond acceptors (Lipinski definition) is 2. The third kappa shape index (κ3) is 2.80. The molecule has 1 aromatic rings. The number of carboxylic acids is 1. The Kier molecular flexibility index (Phi) is 3.70. The summed E-state index contributed by atoms with van der Waals surface area (Å²) in [5, 5.41) is 9.12. The van der Waals surface area contributed by atoms with Crippen LogP contribution >= 0.6 is 0 Å². The molecule has 1 aromatic carbocycles. The first-order valence-corrected chi connectivity index (χ1v) is 7.65. The molecule has 1 aliphatic carbocycles. The van der Waals surface area contributed by atoms with Crippen molar-refractivity contribution in [3.05, 3.63) is 35.4 Å². The maximum absolute atomic E-state index is 12.6. The number of carbonyl (C=O) groups is 2. The van der Waals surface area contributed by atoms with Gasteiger partial charge in [0, 0.05) is 19.0 Å². The molecule has 0 spiro atoms. The third-order valence-corrected chi connectivity index (χ3v) is 4.78. The summed E-state index contributed by atoms with van der Waals surface area (Å²) in [5.74, 6) is -0.645. The lowest BCUT2D eigenvalue weighted by Gasteiger charge is -2.31. The average Bonchev–Trinajstić information content (AvgIpc) is 3.27. The van der Waals surface area contributed by atoms with Gasteiger partial charge in [-0.2, -0.15) is 0 Å². The van der Waals surface area contributed by atoms with Gasteiger partial charge in [0.2, 0.25) is 5.91 Å². The summed E-state index contributed by atoms with van der Waals surface area (Å²) in [6, 6.07) is 8.21. The molecule has 4 nitrogen and oxygen atoms in total. The van der Waals surface area contributed by atoms with Crippen LogP contribution in [0.25, 0.3) is 0 Å². The van der Waals surface area contributed by atoms with Gasteiger partial charge in [-0.05, 0) is 43.2 Å². The zero-order chi connectivity index (χ0) is 15.0. The summed E-state index contributed by atoms with van der Waals surface area (Å²) in [6.45, 7) is 3.17. The fraction of sp³-hybridized carbons (Fsp3) is 0.529. The second kappa shape index (κ2) is 5.51. The van der Waals surface area contributed by atoms with Crippen molar-refractivity contribution in [2.45, 2.75) is 32.1 Å². The van der Waals surface area contributed by atoms with E-state index in [1.165, 1.54) is 11.1 Å². The Labute approximate surface area is 124 Å². The number of likely N-dealkylation sites (tertiary alicyclic amines) is 1. The van der Waals surface area contributed by atoms with Gasteiger partial charge in [-0.3, -0.25) is 9.59 Å². The maximum Gasteiger partial charge on any atom is 0.308 e. The average molecular weight is 287 g/mol. The molecule has 1 N–H and O–H groups in total. The van der Waals surface area contributed by atoms with Crippen LogP contribution in [0.15, 0.2) is 24.3 Å². The van der Waals surface area contributed by atoms with Crippen LogP contribution in [0, 0.1) is 18.8 Å². The second-order valence-corrected chi connectivity index (χ2v) is 6.27. The Balaban J connectivity index is 1.65. The van der Waals surface area contributed by atoms with Gasteiger partial charge in [0.15, 0.2) is 0 Å². The summed E-state index contributed by atoms with van der Waals surface area (Å²) in [5.41, 5.74) is 2.50. The minimum Gasteiger partial charge on any atom is -0.481 e. The van der Waals surface area contributed by atoms with Crippen LogP contribution in [0.4, 0.5) is 0 Å². The van der Waals surface area contributed by atoms with Crippen LogP contribution in [0.1, 0.15) is 36.3 Å². The summed E-state index contributed by atoms with van der Waals surface area (Å²) in [6.07, 6.45) is 2.38. The minimum absolute atomic E-state index is 0.0543. The normalized spacial score (nSPS) is 28.2. The second-order valence-electron chi connectivity index (χ2n) is 6.27. The number of carbonyl (C=O) groups excluding carboxylic acids is 1. The lowest BCUT2D eigenvalue weighted by molar-refractivity contribution is -0.146. The molecule has 3 rings (SSSR count). The molecule has 21 heavy (non-hydrogen) atoms. The van der Waals surface area contributed by atoms with Crippen molar-refractivity contribution < 1.29 is 14.7 Å². The number of aliphatic carboxylic acids is 1. The van der Waals surface area contributed by atoms with Crippen molar-refractivity contribution in [2.75, 3.05) is 13.1 Å². The number of amides is 1. The van der Waals surface area contributed by atoms with E-state index in [1.807, 2.05) is 12.1 Å². The van der Waals surface area contributed by atoms with E-state index < -0.39 is 11.9 Å². The number of rotatable bonds is 3. The molecule has 112 valence electrons. The highest BCUT2D eigenvalue weighted by molar-refractivity contribution is 5.84. The van der Waals surface area contributed by atoms with E-state index in [1.54, 1.807) is 4.90 Å². The van der Waals surface area contributed by atoms with Gasteiger partial charge in [-0.15, -0.1) is 0 Å². The fourth-order valence-electron chi connectivity index (χ4n) is 3.43. The molecule has 2 unspecified atom stereocenters. The van der Waals surface area contributed by atoms with Crippen LogP contribution in [0.2, 0.25) is 0 Å². The Bertz CT molecular complexity index is 569. The molecule has 0 bridgehead atoms. The molecule has 2 aliphatic rings. The lowest BCUT2D eigenvalue weighted by Crippen LogP contribution is -2.43. The molecule has 1 saturated carbocycles. The van der Waals surface area contributed by atoms with E-state index in [0.29, 0.717) is 25.4 Å². The lowest BCUT2D eigenvalue weighted by atomic mass is 9.97. The summed E-state index contributed by atoms with van der Waals surface area (Å²) >= 11 is 0. The molecule has 4 heteroatoms. The molecule has 2 fully saturated rings. The van der Waals surface area contributed by atoms with Crippen LogP contribution in [0.5, 0.6) is 0 Å². The number of hydrogen-bond donors (Lipinski definition) is 1. The van der Waals surface area contributed by atoms with Crippen LogP contribution < -0.4 is 0 Å². The monoisotopic (exact) mass is 287 g/mol. The smallest absolute Gasteiger partial charge is 0.308 e. The van der Waals surface area contributed by atoms with E-state index in [0.717, 1.165) is 12.8 Å². The fourth-order valence-corrected chi connectivity index (χ4v) is 3.43. The molecule has 1 saturated heterocycles. The van der Waals surface area contributed by atoms with Crippen LogP contribution in [-0.4, -0.2) is 35.0 Å². The predicted octanol–water partition coefficient (Wildman–Crippen LogP) is 2.42. The predicted molar refractivity (Wildman–Crippen MR) is 79.0 cm³/mol. The standard InChI is InChI=1S/C17H21NO3/c1-11-5-2-3-7-13(11)14-9-15(14)16(19)18-8-4-6-12(10-18)17(20)21/h2-3,5,7,12,14-15H,4,6,8-10H2,1H3,(H,20,21)/t12-,14?,15?/m0/s1. The first kappa shape index (κ1) is 14.1. The molecular weight excluding hydrogens is 266 g/mol. The van der Waals surface area contributed by atoms with Gasteiger partial charge in [0.25, 0.3) is 0 Å². The molecular formula is C17H21NO3. The van der Waals surface area contributed by atoms with Crippen molar-refractivity contribution >= 4 is 11.9 Å². The number of aryl methyl sites for hydroxylation is 1. The Morgan fingerprint density at radius 3 is 2.76 bits per heavy atom. The van der Waals surface area contributed by atoms with Gasteiger partial charge in [-0.25, -0.2) is 0 Å². The number of carboxylic acid groups (broad SMARTS) is 1. The van der Waals surface area contributed by atoms with Crippen molar-refractivity contribution in [3.8, 4) is 0 Å². The van der Waals surface area contributed by atoms with E-state index in [4.69, 9.17) is 5.11 Å². The van der Waals surface area contributed by atoms with E-state index in [9.17, 15) is 9.59 Å². The van der Waals surface area contributed by atoms with Crippen LogP contribution in [0.3, 0.4) is 0 Å². The van der Waals surface area contributed by atoms with Gasteiger partial charge >= 0.3 is 5.97 Å². The van der Waals surface area contributed by atoms with Crippen LogP contribution in [-0.2, 0) is 9.59 Å². The van der Waals surface area contributed by atoms with Crippen molar-refractivity contribution in [1.82, 2.24) is 4.90 Å². The number of piperidine rings is 1. The van der Waals surface area contributed by atoms with Gasteiger partial charge in [0.1, 0.15) is 0 Å². The quantitative estimate of drug-likeness (QED) is 0.929. The van der Waals surface area contributed by atoms with E-state index in [2.05, 4.69) is 19.1 Å². The first-order valence-electron chi connectivity index (χ1n) is 7.65. The Morgan fingerprint density at radius 1 is 1.29 bits per heavy atom. The molecule has 1 amide bonds. The van der Waals surface area contributed by atoms with E-state index in [-0.39, 0.29) is 11.8 Å². The van der Waals surface area contributed by atoms with Gasteiger partial charge in [0.05, 0.1) is 5.92 Å². The largest absolute Gasteiger partial charge is 0.481 e. The number of nitrogens with zero attached hydrogens (tertiary/aromatic N) is 1. The van der Waals surface area contributed by atoms with Crippen molar-refractivity contribution in [2.24, 2.45) is 11.8 Å². The molecule has 0 aromatic heterocycles. The SMILES string of the molecule is Cc1ccccc1C1CC1C(=O)N1CCC[C@H](C(=O)O)C1. The first-order chi connectivity index (χ1) is 10.1. The molecule has 1 aliphatic heterocycles. The summed E-state index contributed by atoms with van der Waals surface area (Å²) < 4.78 is 0. The topological polar surface area (TPSA) is 57.6 Å². The highest BCUT2D eigenvalue weighted by atomic mass is 16.4. The van der Waals surface area contributed by atoms with Gasteiger partial charge in [-0.1, -0.05) is 24.3 Å². The Morgan fingerprint density at radius 2 is 2.05 bits per heavy atom. The zero-order valence-electron chi connectivity index (χ0n) is 12.3.